The Balaban J connectivity index is 2.00. The largest absolute Gasteiger partial charge is 0.448 e. The predicted molar refractivity (Wildman–Crippen MR) is 88.7 cm³/mol. The van der Waals surface area contributed by atoms with Gasteiger partial charge >= 0.3 is 5.97 Å². The quantitative estimate of drug-likeness (QED) is 0.468. The van der Waals surface area contributed by atoms with Crippen molar-refractivity contribution < 1.29 is 14.3 Å². The van der Waals surface area contributed by atoms with E-state index in [2.05, 4.69) is 16.9 Å². The molecule has 1 amide bonds. The first kappa shape index (κ1) is 18.0. The third-order valence-corrected chi connectivity index (χ3v) is 4.66. The Morgan fingerprint density at radius 3 is 2.70 bits per heavy atom. The molecule has 1 atom stereocenters. The minimum Gasteiger partial charge on any atom is -0.448 e. The van der Waals surface area contributed by atoms with Gasteiger partial charge in [0.25, 0.3) is 5.91 Å². The minimum atomic E-state index is -0.861. The standard InChI is InChI=1S/C15H20ClN3O3S/c1-9-4-6-19(7-5-9)13(20)10(2)22-14(21)12-11(16)8-17-15(18-12)23-3/h8-10H,4-7H2,1-3H3. The van der Waals surface area contributed by atoms with E-state index in [1.54, 1.807) is 18.1 Å². The molecule has 0 radical (unpaired) electrons. The maximum Gasteiger partial charge on any atom is 0.359 e. The molecule has 1 fully saturated rings. The molecule has 2 rings (SSSR count). The lowest BCUT2D eigenvalue weighted by molar-refractivity contribution is -0.141. The smallest absolute Gasteiger partial charge is 0.359 e. The zero-order chi connectivity index (χ0) is 17.0. The minimum absolute atomic E-state index is 0.0158. The highest BCUT2D eigenvalue weighted by Gasteiger charge is 2.28. The number of halogens is 1. The van der Waals surface area contributed by atoms with E-state index in [-0.39, 0.29) is 16.6 Å². The molecule has 1 unspecified atom stereocenters. The number of piperidine rings is 1. The highest BCUT2D eigenvalue weighted by Crippen LogP contribution is 2.20. The van der Waals surface area contributed by atoms with Crippen LogP contribution in [-0.2, 0) is 9.53 Å². The molecule has 6 nitrogen and oxygen atoms in total. The molecule has 2 heterocycles. The number of rotatable bonds is 4. The molecule has 23 heavy (non-hydrogen) atoms. The van der Waals surface area contributed by atoms with Gasteiger partial charge in [0.15, 0.2) is 17.0 Å². The van der Waals surface area contributed by atoms with Gasteiger partial charge in [-0.3, -0.25) is 4.79 Å². The summed E-state index contributed by atoms with van der Waals surface area (Å²) in [4.78, 5) is 34.3. The Kier molecular flexibility index (Phi) is 6.24. The van der Waals surface area contributed by atoms with Crippen molar-refractivity contribution in [2.45, 2.75) is 37.9 Å². The van der Waals surface area contributed by atoms with Gasteiger partial charge in [-0.05, 0) is 31.9 Å². The lowest BCUT2D eigenvalue weighted by atomic mass is 9.99. The van der Waals surface area contributed by atoms with E-state index < -0.39 is 12.1 Å². The van der Waals surface area contributed by atoms with Crippen LogP contribution >= 0.6 is 23.4 Å². The number of thioether (sulfide) groups is 1. The summed E-state index contributed by atoms with van der Waals surface area (Å²) < 4.78 is 5.24. The van der Waals surface area contributed by atoms with Gasteiger partial charge in [0.1, 0.15) is 0 Å². The number of ether oxygens (including phenoxy) is 1. The maximum atomic E-state index is 12.4. The van der Waals surface area contributed by atoms with E-state index in [1.165, 1.54) is 18.0 Å². The third-order valence-electron chi connectivity index (χ3n) is 3.82. The van der Waals surface area contributed by atoms with Crippen LogP contribution in [0.15, 0.2) is 11.4 Å². The fraction of sp³-hybridized carbons (Fsp3) is 0.600. The highest BCUT2D eigenvalue weighted by atomic mass is 35.5. The molecule has 126 valence electrons. The molecule has 1 aliphatic heterocycles. The number of carbonyl (C=O) groups is 2. The summed E-state index contributed by atoms with van der Waals surface area (Å²) in [6, 6.07) is 0. The predicted octanol–water partition coefficient (Wildman–Crippen LogP) is 2.66. The molecule has 1 saturated heterocycles. The van der Waals surface area contributed by atoms with Crippen LogP contribution < -0.4 is 0 Å². The van der Waals surface area contributed by atoms with Gasteiger partial charge < -0.3 is 9.64 Å². The molecule has 1 aliphatic rings. The molecule has 0 saturated carbocycles. The summed E-state index contributed by atoms with van der Waals surface area (Å²) in [6.07, 6.45) is 4.24. The van der Waals surface area contributed by atoms with E-state index in [4.69, 9.17) is 16.3 Å². The monoisotopic (exact) mass is 357 g/mol. The van der Waals surface area contributed by atoms with E-state index in [0.717, 1.165) is 12.8 Å². The molecule has 0 N–H and O–H groups in total. The van der Waals surface area contributed by atoms with Crippen molar-refractivity contribution >= 4 is 35.2 Å². The average molecular weight is 358 g/mol. The van der Waals surface area contributed by atoms with E-state index in [9.17, 15) is 9.59 Å². The van der Waals surface area contributed by atoms with E-state index in [0.29, 0.717) is 24.2 Å². The SMILES string of the molecule is CSc1ncc(Cl)c(C(=O)OC(C)C(=O)N2CCC(C)CC2)n1. The van der Waals surface area contributed by atoms with Gasteiger partial charge in [0, 0.05) is 13.1 Å². The number of aromatic nitrogens is 2. The van der Waals surface area contributed by atoms with Gasteiger partial charge in [-0.25, -0.2) is 14.8 Å². The normalized spacial score (nSPS) is 17.0. The molecular formula is C15H20ClN3O3S. The fourth-order valence-electron chi connectivity index (χ4n) is 2.35. The number of esters is 1. The number of amides is 1. The Morgan fingerprint density at radius 1 is 1.43 bits per heavy atom. The Morgan fingerprint density at radius 2 is 2.09 bits per heavy atom. The summed E-state index contributed by atoms with van der Waals surface area (Å²) in [5, 5.41) is 0.532. The Hall–Kier alpha value is -1.34. The van der Waals surface area contributed by atoms with Crippen molar-refractivity contribution in [2.24, 2.45) is 5.92 Å². The first-order chi connectivity index (χ1) is 10.9. The van der Waals surface area contributed by atoms with Crippen LogP contribution in [0.4, 0.5) is 0 Å². The summed E-state index contributed by atoms with van der Waals surface area (Å²) >= 11 is 7.24. The summed E-state index contributed by atoms with van der Waals surface area (Å²) in [5.41, 5.74) is -0.0158. The molecule has 1 aromatic rings. The lowest BCUT2D eigenvalue weighted by Gasteiger charge is -2.31. The van der Waals surface area contributed by atoms with Crippen LogP contribution in [0.25, 0.3) is 0 Å². The second-order valence-electron chi connectivity index (χ2n) is 5.61. The molecule has 0 bridgehead atoms. The molecule has 1 aromatic heterocycles. The average Bonchev–Trinajstić information content (AvgIpc) is 2.55. The fourth-order valence-corrected chi connectivity index (χ4v) is 2.85. The van der Waals surface area contributed by atoms with Gasteiger partial charge in [-0.1, -0.05) is 30.3 Å². The van der Waals surface area contributed by atoms with Crippen LogP contribution in [0.3, 0.4) is 0 Å². The van der Waals surface area contributed by atoms with E-state index >= 15 is 0 Å². The highest BCUT2D eigenvalue weighted by molar-refractivity contribution is 7.98. The third kappa shape index (κ3) is 4.57. The second kappa shape index (κ2) is 7.97. The lowest BCUT2D eigenvalue weighted by Crippen LogP contribution is -2.44. The van der Waals surface area contributed by atoms with Crippen molar-refractivity contribution in [3.63, 3.8) is 0 Å². The zero-order valence-corrected chi connectivity index (χ0v) is 15.0. The van der Waals surface area contributed by atoms with Crippen LogP contribution in [0.5, 0.6) is 0 Å². The van der Waals surface area contributed by atoms with Gasteiger partial charge in [0.2, 0.25) is 0 Å². The van der Waals surface area contributed by atoms with Crippen molar-refractivity contribution in [3.8, 4) is 0 Å². The number of hydrogen-bond acceptors (Lipinski definition) is 6. The summed E-state index contributed by atoms with van der Waals surface area (Å²) in [7, 11) is 0. The Bertz CT molecular complexity index is 591. The van der Waals surface area contributed by atoms with Crippen molar-refractivity contribution in [3.05, 3.63) is 16.9 Å². The first-order valence-corrected chi connectivity index (χ1v) is 9.09. The zero-order valence-electron chi connectivity index (χ0n) is 13.4. The number of likely N-dealkylation sites (tertiary alicyclic amines) is 1. The second-order valence-corrected chi connectivity index (χ2v) is 6.79. The number of hydrogen-bond donors (Lipinski definition) is 0. The summed E-state index contributed by atoms with van der Waals surface area (Å²) in [5.74, 6) is -0.263. The molecule has 0 spiro atoms. The van der Waals surface area contributed by atoms with E-state index in [1.807, 2.05) is 0 Å². The Labute approximate surface area is 145 Å². The molecule has 0 aromatic carbocycles. The van der Waals surface area contributed by atoms with Crippen LogP contribution in [0.1, 0.15) is 37.2 Å². The van der Waals surface area contributed by atoms with Crippen LogP contribution in [0, 0.1) is 5.92 Å². The van der Waals surface area contributed by atoms with Gasteiger partial charge in [0.05, 0.1) is 11.2 Å². The van der Waals surface area contributed by atoms with Crippen molar-refractivity contribution in [2.75, 3.05) is 19.3 Å². The van der Waals surface area contributed by atoms with Crippen molar-refractivity contribution in [1.29, 1.82) is 0 Å². The molecule has 0 aliphatic carbocycles. The molecule has 8 heteroatoms. The molecular weight excluding hydrogens is 338 g/mol. The van der Waals surface area contributed by atoms with Crippen LogP contribution in [0.2, 0.25) is 5.02 Å². The number of carbonyl (C=O) groups excluding carboxylic acids is 2. The van der Waals surface area contributed by atoms with Crippen LogP contribution in [-0.4, -0.2) is 52.2 Å². The number of nitrogens with zero attached hydrogens (tertiary/aromatic N) is 3. The van der Waals surface area contributed by atoms with Crippen molar-refractivity contribution in [1.82, 2.24) is 14.9 Å². The van der Waals surface area contributed by atoms with Gasteiger partial charge in [-0.2, -0.15) is 0 Å². The summed E-state index contributed by atoms with van der Waals surface area (Å²) in [6.45, 7) is 5.15. The topological polar surface area (TPSA) is 72.4 Å². The van der Waals surface area contributed by atoms with Gasteiger partial charge in [-0.15, -0.1) is 0 Å². The maximum absolute atomic E-state index is 12.4. The first-order valence-electron chi connectivity index (χ1n) is 7.48.